The molecule has 0 fully saturated rings. The van der Waals surface area contributed by atoms with E-state index in [1.165, 1.54) is 0 Å². The molecule has 0 N–H and O–H groups in total. The highest BCUT2D eigenvalue weighted by atomic mass is 79.9. The first-order chi connectivity index (χ1) is 9.01. The SMILES string of the molecule is CCOCCN(CC)C(=O)c1cc(Br)cn1C(C)C. The molecule has 0 atom stereocenters. The van der Waals surface area contributed by atoms with Crippen molar-refractivity contribution in [3.8, 4) is 0 Å². The number of ether oxygens (including phenoxy) is 1. The molecule has 0 saturated heterocycles. The van der Waals surface area contributed by atoms with E-state index in [4.69, 9.17) is 4.74 Å². The van der Waals surface area contributed by atoms with E-state index in [-0.39, 0.29) is 11.9 Å². The predicted octanol–water partition coefficient (Wildman–Crippen LogP) is 3.33. The molecule has 108 valence electrons. The summed E-state index contributed by atoms with van der Waals surface area (Å²) in [5.41, 5.74) is 0.722. The summed E-state index contributed by atoms with van der Waals surface area (Å²) in [4.78, 5) is 14.4. The first kappa shape index (κ1) is 16.2. The Hall–Kier alpha value is -0.810. The highest BCUT2D eigenvalue weighted by molar-refractivity contribution is 9.10. The van der Waals surface area contributed by atoms with Crippen molar-refractivity contribution in [2.45, 2.75) is 33.7 Å². The Morgan fingerprint density at radius 1 is 1.47 bits per heavy atom. The number of carbonyl (C=O) groups is 1. The summed E-state index contributed by atoms with van der Waals surface area (Å²) in [6.07, 6.45) is 1.95. The quantitative estimate of drug-likeness (QED) is 0.718. The summed E-state index contributed by atoms with van der Waals surface area (Å²) < 4.78 is 8.26. The van der Waals surface area contributed by atoms with Crippen LogP contribution in [0.4, 0.5) is 0 Å². The van der Waals surface area contributed by atoms with Crippen LogP contribution in [0.5, 0.6) is 0 Å². The molecule has 1 aromatic rings. The molecule has 0 radical (unpaired) electrons. The van der Waals surface area contributed by atoms with Crippen LogP contribution in [0, 0.1) is 0 Å². The fourth-order valence-corrected chi connectivity index (χ4v) is 2.37. The van der Waals surface area contributed by atoms with Crippen molar-refractivity contribution in [3.05, 3.63) is 22.4 Å². The fourth-order valence-electron chi connectivity index (χ4n) is 1.93. The standard InChI is InChI=1S/C14H23BrN2O2/c1-5-16(7-8-19-6-2)14(18)13-9-12(15)10-17(13)11(3)4/h9-11H,5-8H2,1-4H3. The van der Waals surface area contributed by atoms with Crippen LogP contribution < -0.4 is 0 Å². The molecule has 0 unspecified atom stereocenters. The minimum absolute atomic E-state index is 0.0570. The van der Waals surface area contributed by atoms with Crippen molar-refractivity contribution in [2.24, 2.45) is 0 Å². The maximum Gasteiger partial charge on any atom is 0.270 e. The van der Waals surface area contributed by atoms with E-state index in [0.29, 0.717) is 26.3 Å². The van der Waals surface area contributed by atoms with Gasteiger partial charge in [-0.3, -0.25) is 4.79 Å². The molecule has 0 bridgehead atoms. The van der Waals surface area contributed by atoms with E-state index in [2.05, 4.69) is 29.8 Å². The van der Waals surface area contributed by atoms with Crippen LogP contribution in [0.3, 0.4) is 0 Å². The summed E-state index contributed by atoms with van der Waals surface area (Å²) in [5, 5.41) is 0. The summed E-state index contributed by atoms with van der Waals surface area (Å²) in [5.74, 6) is 0.0570. The largest absolute Gasteiger partial charge is 0.380 e. The minimum atomic E-state index is 0.0570. The lowest BCUT2D eigenvalue weighted by molar-refractivity contribution is 0.0658. The molecule has 19 heavy (non-hydrogen) atoms. The van der Waals surface area contributed by atoms with Crippen LogP contribution >= 0.6 is 15.9 Å². The molecule has 0 aliphatic carbocycles. The van der Waals surface area contributed by atoms with Gasteiger partial charge in [-0.15, -0.1) is 0 Å². The Bertz CT molecular complexity index is 416. The maximum absolute atomic E-state index is 12.5. The van der Waals surface area contributed by atoms with Crippen LogP contribution in [0.2, 0.25) is 0 Å². The lowest BCUT2D eigenvalue weighted by Crippen LogP contribution is -2.35. The Kier molecular flexibility index (Phi) is 6.58. The summed E-state index contributed by atoms with van der Waals surface area (Å²) in [7, 11) is 0. The zero-order valence-corrected chi connectivity index (χ0v) is 13.7. The Balaban J connectivity index is 2.84. The maximum atomic E-state index is 12.5. The third-order valence-corrected chi connectivity index (χ3v) is 3.40. The van der Waals surface area contributed by atoms with Gasteiger partial charge in [0.2, 0.25) is 0 Å². The lowest BCUT2D eigenvalue weighted by Gasteiger charge is -2.22. The highest BCUT2D eigenvalue weighted by Crippen LogP contribution is 2.20. The normalized spacial score (nSPS) is 11.1. The molecule has 1 rings (SSSR count). The molecular weight excluding hydrogens is 308 g/mol. The van der Waals surface area contributed by atoms with Crippen LogP contribution in [0.15, 0.2) is 16.7 Å². The number of halogens is 1. The van der Waals surface area contributed by atoms with Crippen molar-refractivity contribution >= 4 is 21.8 Å². The second kappa shape index (κ2) is 7.70. The van der Waals surface area contributed by atoms with E-state index in [0.717, 1.165) is 10.2 Å². The van der Waals surface area contributed by atoms with Gasteiger partial charge in [0.05, 0.1) is 6.61 Å². The van der Waals surface area contributed by atoms with Crippen LogP contribution in [-0.2, 0) is 4.74 Å². The van der Waals surface area contributed by atoms with Gasteiger partial charge in [-0.05, 0) is 49.7 Å². The molecule has 1 heterocycles. The molecule has 0 aliphatic rings. The summed E-state index contributed by atoms with van der Waals surface area (Å²) in [6, 6.07) is 2.14. The Morgan fingerprint density at radius 2 is 2.16 bits per heavy atom. The first-order valence-electron chi connectivity index (χ1n) is 6.75. The van der Waals surface area contributed by atoms with Crippen LogP contribution in [-0.4, -0.2) is 41.7 Å². The smallest absolute Gasteiger partial charge is 0.270 e. The Labute approximate surface area is 123 Å². The Morgan fingerprint density at radius 3 is 2.68 bits per heavy atom. The second-order valence-electron chi connectivity index (χ2n) is 4.63. The van der Waals surface area contributed by atoms with Crippen molar-refractivity contribution in [3.63, 3.8) is 0 Å². The van der Waals surface area contributed by atoms with Gasteiger partial charge in [0, 0.05) is 36.4 Å². The van der Waals surface area contributed by atoms with Crippen LogP contribution in [0.25, 0.3) is 0 Å². The molecule has 4 nitrogen and oxygen atoms in total. The monoisotopic (exact) mass is 330 g/mol. The number of nitrogens with zero attached hydrogens (tertiary/aromatic N) is 2. The molecule has 1 aromatic heterocycles. The van der Waals surface area contributed by atoms with Gasteiger partial charge < -0.3 is 14.2 Å². The van der Waals surface area contributed by atoms with Gasteiger partial charge in [-0.1, -0.05) is 0 Å². The third-order valence-electron chi connectivity index (χ3n) is 2.97. The van der Waals surface area contributed by atoms with Crippen molar-refractivity contribution in [2.75, 3.05) is 26.3 Å². The number of hydrogen-bond acceptors (Lipinski definition) is 2. The number of aromatic nitrogens is 1. The van der Waals surface area contributed by atoms with Crippen molar-refractivity contribution < 1.29 is 9.53 Å². The number of amides is 1. The molecule has 5 heteroatoms. The summed E-state index contributed by atoms with van der Waals surface area (Å²) >= 11 is 3.44. The molecule has 1 amide bonds. The van der Waals surface area contributed by atoms with Gasteiger partial charge in [0.15, 0.2) is 0 Å². The fraction of sp³-hybridized carbons (Fsp3) is 0.643. The molecular formula is C14H23BrN2O2. The number of likely N-dealkylation sites (N-methyl/N-ethyl adjacent to an activating group) is 1. The third kappa shape index (κ3) is 4.35. The van der Waals surface area contributed by atoms with Crippen LogP contribution in [0.1, 0.15) is 44.2 Å². The van der Waals surface area contributed by atoms with E-state index < -0.39 is 0 Å². The van der Waals surface area contributed by atoms with Gasteiger partial charge in [0.1, 0.15) is 5.69 Å². The average molecular weight is 331 g/mol. The summed E-state index contributed by atoms with van der Waals surface area (Å²) in [6.45, 7) is 10.7. The first-order valence-corrected chi connectivity index (χ1v) is 7.54. The molecule has 0 saturated carbocycles. The van der Waals surface area contributed by atoms with Gasteiger partial charge in [-0.25, -0.2) is 0 Å². The number of rotatable bonds is 7. The molecule has 0 spiro atoms. The van der Waals surface area contributed by atoms with Crippen molar-refractivity contribution in [1.82, 2.24) is 9.47 Å². The van der Waals surface area contributed by atoms with E-state index in [1.807, 2.05) is 35.6 Å². The topological polar surface area (TPSA) is 34.5 Å². The predicted molar refractivity (Wildman–Crippen MR) is 80.6 cm³/mol. The van der Waals surface area contributed by atoms with Gasteiger partial charge in [-0.2, -0.15) is 0 Å². The van der Waals surface area contributed by atoms with Crippen molar-refractivity contribution in [1.29, 1.82) is 0 Å². The zero-order valence-electron chi connectivity index (χ0n) is 12.1. The van der Waals surface area contributed by atoms with E-state index in [1.54, 1.807) is 0 Å². The van der Waals surface area contributed by atoms with Gasteiger partial charge >= 0.3 is 0 Å². The lowest BCUT2D eigenvalue weighted by atomic mass is 10.3. The molecule has 0 aromatic carbocycles. The highest BCUT2D eigenvalue weighted by Gasteiger charge is 2.19. The average Bonchev–Trinajstić information content (AvgIpc) is 2.76. The minimum Gasteiger partial charge on any atom is -0.380 e. The molecule has 0 aliphatic heterocycles. The van der Waals surface area contributed by atoms with E-state index >= 15 is 0 Å². The number of carbonyl (C=O) groups excluding carboxylic acids is 1. The van der Waals surface area contributed by atoms with E-state index in [9.17, 15) is 4.79 Å². The van der Waals surface area contributed by atoms with Gasteiger partial charge in [0.25, 0.3) is 5.91 Å². The number of hydrogen-bond donors (Lipinski definition) is 0. The zero-order chi connectivity index (χ0) is 14.4. The second-order valence-corrected chi connectivity index (χ2v) is 5.54.